The molecule has 1 N–H and O–H groups in total. The first-order valence-corrected chi connectivity index (χ1v) is 6.10. The molecule has 0 fully saturated rings. The molecule has 4 heteroatoms. The van der Waals surface area contributed by atoms with E-state index in [1.165, 1.54) is 4.88 Å². The van der Waals surface area contributed by atoms with Crippen LogP contribution in [-0.2, 0) is 17.9 Å². The number of ether oxygens (including phenoxy) is 1. The van der Waals surface area contributed by atoms with Gasteiger partial charge in [0.15, 0.2) is 0 Å². The van der Waals surface area contributed by atoms with Gasteiger partial charge < -0.3 is 10.1 Å². The Morgan fingerprint density at radius 3 is 2.80 bits per heavy atom. The van der Waals surface area contributed by atoms with Gasteiger partial charge in [-0.25, -0.2) is 4.98 Å². The van der Waals surface area contributed by atoms with Crippen molar-refractivity contribution < 1.29 is 4.74 Å². The molecule has 3 nitrogen and oxygen atoms in total. The molecule has 1 aromatic heterocycles. The molecule has 0 amide bonds. The highest BCUT2D eigenvalue weighted by molar-refractivity contribution is 7.11. The van der Waals surface area contributed by atoms with Crippen LogP contribution in [0.25, 0.3) is 0 Å². The predicted molar refractivity (Wildman–Crippen MR) is 64.1 cm³/mol. The summed E-state index contributed by atoms with van der Waals surface area (Å²) in [4.78, 5) is 5.74. The minimum Gasteiger partial charge on any atom is -0.379 e. The van der Waals surface area contributed by atoms with Crippen LogP contribution in [0.3, 0.4) is 0 Å². The fraction of sp³-hybridized carbons (Fsp3) is 0.727. The van der Waals surface area contributed by atoms with Crippen LogP contribution < -0.4 is 5.32 Å². The van der Waals surface area contributed by atoms with Crippen molar-refractivity contribution in [1.82, 2.24) is 10.3 Å². The number of methoxy groups -OCH3 is 1. The molecule has 0 aliphatic carbocycles. The topological polar surface area (TPSA) is 34.1 Å². The Hall–Kier alpha value is -0.450. The average Bonchev–Trinajstić information content (AvgIpc) is 2.47. The molecule has 1 aromatic rings. The fourth-order valence-corrected chi connectivity index (χ4v) is 2.31. The first-order chi connectivity index (χ1) is 7.13. The van der Waals surface area contributed by atoms with E-state index in [4.69, 9.17) is 4.74 Å². The summed E-state index contributed by atoms with van der Waals surface area (Å²) in [6.45, 7) is 9.03. The van der Waals surface area contributed by atoms with Gasteiger partial charge in [-0.1, -0.05) is 13.8 Å². The van der Waals surface area contributed by atoms with Crippen LogP contribution in [0, 0.1) is 12.8 Å². The van der Waals surface area contributed by atoms with Crippen LogP contribution in [0.5, 0.6) is 0 Å². The van der Waals surface area contributed by atoms with E-state index in [1.807, 2.05) is 6.92 Å². The van der Waals surface area contributed by atoms with Gasteiger partial charge in [-0.15, -0.1) is 11.3 Å². The van der Waals surface area contributed by atoms with E-state index < -0.39 is 0 Å². The second kappa shape index (κ2) is 6.20. The maximum absolute atomic E-state index is 5.11. The van der Waals surface area contributed by atoms with Crippen molar-refractivity contribution in [2.45, 2.75) is 33.9 Å². The summed E-state index contributed by atoms with van der Waals surface area (Å²) >= 11 is 1.74. The lowest BCUT2D eigenvalue weighted by Gasteiger charge is -2.04. The van der Waals surface area contributed by atoms with Crippen LogP contribution in [0.1, 0.15) is 29.4 Å². The van der Waals surface area contributed by atoms with E-state index in [0.29, 0.717) is 12.5 Å². The Morgan fingerprint density at radius 2 is 2.20 bits per heavy atom. The minimum absolute atomic E-state index is 0.674. The second-order valence-electron chi connectivity index (χ2n) is 4.07. The van der Waals surface area contributed by atoms with E-state index in [2.05, 4.69) is 24.1 Å². The van der Waals surface area contributed by atoms with Crippen LogP contribution in [-0.4, -0.2) is 18.6 Å². The average molecular weight is 228 g/mol. The van der Waals surface area contributed by atoms with Crippen molar-refractivity contribution in [3.05, 3.63) is 15.6 Å². The van der Waals surface area contributed by atoms with Gasteiger partial charge in [-0.3, -0.25) is 0 Å². The molecular weight excluding hydrogens is 208 g/mol. The highest BCUT2D eigenvalue weighted by atomic mass is 32.1. The van der Waals surface area contributed by atoms with Gasteiger partial charge in [-0.05, 0) is 19.4 Å². The van der Waals surface area contributed by atoms with E-state index in [1.54, 1.807) is 18.4 Å². The molecule has 0 spiro atoms. The third kappa shape index (κ3) is 4.28. The summed E-state index contributed by atoms with van der Waals surface area (Å²) < 4.78 is 5.11. The molecule has 1 heterocycles. The first-order valence-electron chi connectivity index (χ1n) is 5.28. The summed E-state index contributed by atoms with van der Waals surface area (Å²) in [5, 5.41) is 4.54. The normalized spacial score (nSPS) is 11.3. The van der Waals surface area contributed by atoms with Crippen molar-refractivity contribution in [3.63, 3.8) is 0 Å². The van der Waals surface area contributed by atoms with Gasteiger partial charge in [0.25, 0.3) is 0 Å². The molecule has 15 heavy (non-hydrogen) atoms. The second-order valence-corrected chi connectivity index (χ2v) is 5.24. The highest BCUT2D eigenvalue weighted by Crippen LogP contribution is 2.18. The smallest absolute Gasteiger partial charge is 0.107 e. The lowest BCUT2D eigenvalue weighted by molar-refractivity contribution is 0.187. The van der Waals surface area contributed by atoms with Crippen molar-refractivity contribution in [1.29, 1.82) is 0 Å². The molecule has 0 aromatic carbocycles. The Labute approximate surface area is 95.9 Å². The van der Waals surface area contributed by atoms with Crippen LogP contribution >= 0.6 is 11.3 Å². The van der Waals surface area contributed by atoms with Crippen molar-refractivity contribution in [3.8, 4) is 0 Å². The molecule has 0 saturated heterocycles. The van der Waals surface area contributed by atoms with E-state index in [0.717, 1.165) is 23.8 Å². The van der Waals surface area contributed by atoms with Crippen molar-refractivity contribution in [2.24, 2.45) is 5.92 Å². The van der Waals surface area contributed by atoms with Gasteiger partial charge in [0.2, 0.25) is 0 Å². The quantitative estimate of drug-likeness (QED) is 0.811. The number of nitrogens with zero attached hydrogens (tertiary/aromatic N) is 1. The zero-order valence-corrected chi connectivity index (χ0v) is 10.8. The van der Waals surface area contributed by atoms with Gasteiger partial charge >= 0.3 is 0 Å². The van der Waals surface area contributed by atoms with Crippen LogP contribution in [0.2, 0.25) is 0 Å². The molecule has 0 unspecified atom stereocenters. The number of hydrogen-bond donors (Lipinski definition) is 1. The summed E-state index contributed by atoms with van der Waals surface area (Å²) in [5.74, 6) is 0.685. The number of aromatic nitrogens is 1. The van der Waals surface area contributed by atoms with Crippen LogP contribution in [0.15, 0.2) is 0 Å². The van der Waals surface area contributed by atoms with Crippen LogP contribution in [0.4, 0.5) is 0 Å². The van der Waals surface area contributed by atoms with Gasteiger partial charge in [0.05, 0.1) is 17.2 Å². The van der Waals surface area contributed by atoms with E-state index in [-0.39, 0.29) is 0 Å². The lowest BCUT2D eigenvalue weighted by atomic mass is 10.2. The Balaban J connectivity index is 2.44. The fourth-order valence-electron chi connectivity index (χ4n) is 1.30. The summed E-state index contributed by atoms with van der Waals surface area (Å²) in [5.41, 5.74) is 1.10. The molecule has 0 atom stereocenters. The Bertz CT molecular complexity index is 297. The molecule has 0 radical (unpaired) electrons. The summed E-state index contributed by atoms with van der Waals surface area (Å²) in [6.07, 6.45) is 0. The van der Waals surface area contributed by atoms with E-state index in [9.17, 15) is 0 Å². The Morgan fingerprint density at radius 1 is 1.47 bits per heavy atom. The highest BCUT2D eigenvalue weighted by Gasteiger charge is 2.06. The Kier molecular flexibility index (Phi) is 5.22. The van der Waals surface area contributed by atoms with Crippen molar-refractivity contribution >= 4 is 11.3 Å². The number of rotatable bonds is 6. The monoisotopic (exact) mass is 228 g/mol. The number of hydrogen-bond acceptors (Lipinski definition) is 4. The molecular formula is C11H20N2OS. The maximum Gasteiger partial charge on any atom is 0.107 e. The van der Waals surface area contributed by atoms with E-state index >= 15 is 0 Å². The van der Waals surface area contributed by atoms with Crippen molar-refractivity contribution in [2.75, 3.05) is 13.7 Å². The maximum atomic E-state index is 5.11. The molecule has 0 aliphatic heterocycles. The third-order valence-electron chi connectivity index (χ3n) is 2.04. The van der Waals surface area contributed by atoms with Gasteiger partial charge in [-0.2, -0.15) is 0 Å². The lowest BCUT2D eigenvalue weighted by Crippen LogP contribution is -2.18. The zero-order chi connectivity index (χ0) is 11.3. The summed E-state index contributed by atoms with van der Waals surface area (Å²) in [6, 6.07) is 0. The number of nitrogens with one attached hydrogen (secondary N) is 1. The van der Waals surface area contributed by atoms with Gasteiger partial charge in [0.1, 0.15) is 5.01 Å². The van der Waals surface area contributed by atoms with Gasteiger partial charge in [0, 0.05) is 13.7 Å². The molecule has 86 valence electrons. The number of thiazole rings is 1. The predicted octanol–water partition coefficient (Wildman–Crippen LogP) is 2.34. The molecule has 0 bridgehead atoms. The first kappa shape index (κ1) is 12.6. The zero-order valence-electron chi connectivity index (χ0n) is 9.96. The SMILES string of the molecule is COCc1sc(CNCC(C)C)nc1C. The summed E-state index contributed by atoms with van der Waals surface area (Å²) in [7, 11) is 1.72. The largest absolute Gasteiger partial charge is 0.379 e. The third-order valence-corrected chi connectivity index (χ3v) is 3.17. The molecule has 0 saturated carbocycles. The number of aryl methyl sites for hydroxylation is 1. The standard InChI is InChI=1S/C11H20N2OS/c1-8(2)5-12-6-11-13-9(3)10(15-11)7-14-4/h8,12H,5-7H2,1-4H3. The minimum atomic E-state index is 0.674. The molecule has 0 aliphatic rings. The molecule has 1 rings (SSSR count).